The van der Waals surface area contributed by atoms with Crippen LogP contribution < -0.4 is 10.6 Å². The minimum absolute atomic E-state index is 0.123. The summed E-state index contributed by atoms with van der Waals surface area (Å²) in [6.45, 7) is 0.123. The molecule has 0 saturated carbocycles. The van der Waals surface area contributed by atoms with Crippen molar-refractivity contribution < 1.29 is 9.59 Å². The highest BCUT2D eigenvalue weighted by Crippen LogP contribution is 2.19. The number of benzene rings is 1. The predicted molar refractivity (Wildman–Crippen MR) is 99.4 cm³/mol. The number of aromatic nitrogens is 1. The van der Waals surface area contributed by atoms with Gasteiger partial charge in [0.05, 0.1) is 11.4 Å². The Labute approximate surface area is 149 Å². The van der Waals surface area contributed by atoms with Gasteiger partial charge in [0.15, 0.2) is 0 Å². The van der Waals surface area contributed by atoms with Gasteiger partial charge in [-0.15, -0.1) is 17.8 Å². The number of thiophene rings is 1. The van der Waals surface area contributed by atoms with E-state index in [2.05, 4.69) is 21.5 Å². The summed E-state index contributed by atoms with van der Waals surface area (Å²) >= 11 is 1.33. The van der Waals surface area contributed by atoms with Crippen molar-refractivity contribution in [3.8, 4) is 12.3 Å². The smallest absolute Gasteiger partial charge is 0.262 e. The van der Waals surface area contributed by atoms with E-state index >= 15 is 0 Å². The molecule has 0 saturated heterocycles. The minimum Gasteiger partial charge on any atom is -0.361 e. The zero-order valence-corrected chi connectivity index (χ0v) is 14.2. The summed E-state index contributed by atoms with van der Waals surface area (Å²) < 4.78 is 0. The molecule has 0 radical (unpaired) electrons. The molecule has 0 aliphatic rings. The van der Waals surface area contributed by atoms with Crippen molar-refractivity contribution in [1.29, 1.82) is 0 Å². The van der Waals surface area contributed by atoms with Gasteiger partial charge in [0.2, 0.25) is 5.91 Å². The first-order valence-corrected chi connectivity index (χ1v) is 8.67. The molecule has 0 aliphatic heterocycles. The summed E-state index contributed by atoms with van der Waals surface area (Å²) in [4.78, 5) is 28.5. The van der Waals surface area contributed by atoms with Gasteiger partial charge in [-0.2, -0.15) is 0 Å². The maximum absolute atomic E-state index is 12.4. The topological polar surface area (TPSA) is 74.0 Å². The molecule has 5 nitrogen and oxygen atoms in total. The van der Waals surface area contributed by atoms with Crippen molar-refractivity contribution in [2.45, 2.75) is 12.5 Å². The molecule has 1 aromatic carbocycles. The minimum atomic E-state index is -0.706. The van der Waals surface area contributed by atoms with Crippen LogP contribution in [0.25, 0.3) is 10.9 Å². The molecule has 25 heavy (non-hydrogen) atoms. The number of terminal acetylenes is 1. The number of amides is 2. The third-order valence-corrected chi connectivity index (χ3v) is 4.70. The van der Waals surface area contributed by atoms with Crippen LogP contribution in [0.1, 0.15) is 15.2 Å². The Hall–Kier alpha value is -3.04. The summed E-state index contributed by atoms with van der Waals surface area (Å²) in [7, 11) is 0. The number of hydrogen-bond donors (Lipinski definition) is 3. The van der Waals surface area contributed by atoms with Gasteiger partial charge < -0.3 is 15.6 Å². The lowest BCUT2D eigenvalue weighted by Crippen LogP contribution is -2.48. The quantitative estimate of drug-likeness (QED) is 0.596. The van der Waals surface area contributed by atoms with E-state index < -0.39 is 6.04 Å². The first-order valence-electron chi connectivity index (χ1n) is 7.79. The third kappa shape index (κ3) is 3.90. The van der Waals surface area contributed by atoms with Crippen molar-refractivity contribution >= 4 is 34.1 Å². The standard InChI is InChI=1S/C19H17N3O2S/c1-2-9-20-18(23)16(22-19(24)17-8-5-10-25-17)11-13-12-21-15-7-4-3-6-14(13)15/h1,3-8,10,12,16,21H,9,11H2,(H,20,23)(H,22,24)/t16-/m1/s1. The average molecular weight is 351 g/mol. The Kier molecular flexibility index (Phi) is 5.17. The fourth-order valence-electron chi connectivity index (χ4n) is 2.63. The van der Waals surface area contributed by atoms with Crippen molar-refractivity contribution in [3.63, 3.8) is 0 Å². The molecule has 1 atom stereocenters. The second-order valence-corrected chi connectivity index (χ2v) is 6.44. The van der Waals surface area contributed by atoms with Gasteiger partial charge in [-0.3, -0.25) is 9.59 Å². The van der Waals surface area contributed by atoms with Crippen LogP contribution in [0.2, 0.25) is 0 Å². The number of nitrogens with one attached hydrogen (secondary N) is 3. The van der Waals surface area contributed by atoms with E-state index in [0.717, 1.165) is 16.5 Å². The first-order chi connectivity index (χ1) is 12.2. The van der Waals surface area contributed by atoms with Gasteiger partial charge in [-0.25, -0.2) is 0 Å². The normalized spacial score (nSPS) is 11.6. The summed E-state index contributed by atoms with van der Waals surface area (Å²) in [6, 6.07) is 10.7. The molecule has 2 aromatic heterocycles. The Morgan fingerprint density at radius 3 is 2.84 bits per heavy atom. The number of para-hydroxylation sites is 1. The van der Waals surface area contributed by atoms with E-state index in [9.17, 15) is 9.59 Å². The van der Waals surface area contributed by atoms with Gasteiger partial charge in [0, 0.05) is 23.5 Å². The molecule has 0 spiro atoms. The fourth-order valence-corrected chi connectivity index (χ4v) is 3.26. The third-order valence-electron chi connectivity index (χ3n) is 3.83. The van der Waals surface area contributed by atoms with Gasteiger partial charge in [0.1, 0.15) is 6.04 Å². The van der Waals surface area contributed by atoms with E-state index in [0.29, 0.717) is 11.3 Å². The van der Waals surface area contributed by atoms with Crippen molar-refractivity contribution in [2.24, 2.45) is 0 Å². The molecule has 3 N–H and O–H groups in total. The second kappa shape index (κ2) is 7.69. The molecule has 2 heterocycles. The van der Waals surface area contributed by atoms with E-state index in [-0.39, 0.29) is 18.4 Å². The molecule has 3 aromatic rings. The zero-order valence-electron chi connectivity index (χ0n) is 13.4. The van der Waals surface area contributed by atoms with Crippen LogP contribution in [0.3, 0.4) is 0 Å². The largest absolute Gasteiger partial charge is 0.361 e. The lowest BCUT2D eigenvalue weighted by Gasteiger charge is -2.17. The zero-order chi connectivity index (χ0) is 17.6. The Morgan fingerprint density at radius 1 is 1.24 bits per heavy atom. The maximum Gasteiger partial charge on any atom is 0.262 e. The molecule has 6 heteroatoms. The number of H-pyrrole nitrogens is 1. The highest BCUT2D eigenvalue weighted by atomic mass is 32.1. The average Bonchev–Trinajstić information content (AvgIpc) is 3.29. The van der Waals surface area contributed by atoms with Gasteiger partial charge in [-0.05, 0) is 23.1 Å². The van der Waals surface area contributed by atoms with Gasteiger partial charge >= 0.3 is 0 Å². The molecule has 126 valence electrons. The molecule has 0 unspecified atom stereocenters. The summed E-state index contributed by atoms with van der Waals surface area (Å²) in [5.41, 5.74) is 1.95. The highest BCUT2D eigenvalue weighted by molar-refractivity contribution is 7.12. The lowest BCUT2D eigenvalue weighted by atomic mass is 10.0. The number of fused-ring (bicyclic) bond motifs is 1. The van der Waals surface area contributed by atoms with E-state index in [1.54, 1.807) is 12.1 Å². The molecule has 3 rings (SSSR count). The predicted octanol–water partition coefficient (Wildman–Crippen LogP) is 2.32. The monoisotopic (exact) mass is 351 g/mol. The number of aromatic amines is 1. The van der Waals surface area contributed by atoms with Crippen molar-refractivity contribution in [2.75, 3.05) is 6.54 Å². The molecular weight excluding hydrogens is 334 g/mol. The van der Waals surface area contributed by atoms with E-state index in [1.807, 2.05) is 35.8 Å². The van der Waals surface area contributed by atoms with Crippen molar-refractivity contribution in [3.05, 3.63) is 58.4 Å². The molecule has 0 bridgehead atoms. The van der Waals surface area contributed by atoms with E-state index in [4.69, 9.17) is 6.42 Å². The highest BCUT2D eigenvalue weighted by Gasteiger charge is 2.23. The molecular formula is C19H17N3O2S. The van der Waals surface area contributed by atoms with Crippen LogP contribution in [0.5, 0.6) is 0 Å². The van der Waals surface area contributed by atoms with Crippen LogP contribution >= 0.6 is 11.3 Å². The number of carbonyl (C=O) groups excluding carboxylic acids is 2. The van der Waals surface area contributed by atoms with Crippen LogP contribution in [0.4, 0.5) is 0 Å². The number of rotatable bonds is 6. The number of carbonyl (C=O) groups is 2. The van der Waals surface area contributed by atoms with Crippen LogP contribution in [0.15, 0.2) is 48.0 Å². The second-order valence-electron chi connectivity index (χ2n) is 5.49. The Balaban J connectivity index is 1.81. The fraction of sp³-hybridized carbons (Fsp3) is 0.158. The number of hydrogen-bond acceptors (Lipinski definition) is 3. The Morgan fingerprint density at radius 2 is 2.08 bits per heavy atom. The molecule has 0 fully saturated rings. The van der Waals surface area contributed by atoms with Gasteiger partial charge in [0.25, 0.3) is 5.91 Å². The SMILES string of the molecule is C#CCNC(=O)[C@@H](Cc1c[nH]c2ccccc12)NC(=O)c1cccs1. The van der Waals surface area contributed by atoms with Crippen LogP contribution in [0, 0.1) is 12.3 Å². The molecule has 0 aliphatic carbocycles. The first kappa shape index (κ1) is 16.8. The summed E-state index contributed by atoms with van der Waals surface area (Å²) in [5, 5.41) is 8.31. The van der Waals surface area contributed by atoms with Crippen molar-refractivity contribution in [1.82, 2.24) is 15.6 Å². The molecule has 2 amide bonds. The van der Waals surface area contributed by atoms with E-state index in [1.165, 1.54) is 11.3 Å². The van der Waals surface area contributed by atoms with Crippen LogP contribution in [-0.4, -0.2) is 29.4 Å². The Bertz CT molecular complexity index is 922. The van der Waals surface area contributed by atoms with Crippen LogP contribution in [-0.2, 0) is 11.2 Å². The van der Waals surface area contributed by atoms with Gasteiger partial charge in [-0.1, -0.05) is 30.2 Å². The summed E-state index contributed by atoms with van der Waals surface area (Å²) in [6.07, 6.45) is 7.45. The summed E-state index contributed by atoms with van der Waals surface area (Å²) in [5.74, 6) is 1.81. The lowest BCUT2D eigenvalue weighted by molar-refractivity contribution is -0.122. The maximum atomic E-state index is 12.4.